The van der Waals surface area contributed by atoms with Crippen LogP contribution in [0.25, 0.3) is 0 Å². The summed E-state index contributed by atoms with van der Waals surface area (Å²) in [6.45, 7) is 8.80. The second kappa shape index (κ2) is 6.71. The van der Waals surface area contributed by atoms with Crippen LogP contribution >= 0.6 is 0 Å². The normalized spacial score (nSPS) is 11.9. The van der Waals surface area contributed by atoms with E-state index in [-0.39, 0.29) is 5.54 Å². The third-order valence-corrected chi connectivity index (χ3v) is 2.40. The van der Waals surface area contributed by atoms with E-state index in [2.05, 4.69) is 36.0 Å². The minimum Gasteiger partial charge on any atom is -0.492 e. The fourth-order valence-electron chi connectivity index (χ4n) is 1.34. The molecule has 18 heavy (non-hydrogen) atoms. The van der Waals surface area contributed by atoms with Crippen molar-refractivity contribution in [1.82, 2.24) is 15.2 Å². The maximum atomic E-state index is 5.68. The van der Waals surface area contributed by atoms with Gasteiger partial charge in [-0.3, -0.25) is 4.98 Å². The molecule has 102 valence electrons. The van der Waals surface area contributed by atoms with Gasteiger partial charge in [0, 0.05) is 30.9 Å². The van der Waals surface area contributed by atoms with Crippen molar-refractivity contribution in [2.75, 3.05) is 27.2 Å². The lowest BCUT2D eigenvalue weighted by molar-refractivity contribution is 0.261. The second-order valence-corrected chi connectivity index (χ2v) is 5.74. The Bertz CT molecular complexity index is 358. The number of aromatic nitrogens is 1. The highest BCUT2D eigenvalue weighted by molar-refractivity contribution is 5.22. The van der Waals surface area contributed by atoms with Crippen LogP contribution in [0.1, 0.15) is 26.5 Å². The van der Waals surface area contributed by atoms with Gasteiger partial charge >= 0.3 is 0 Å². The molecule has 0 saturated heterocycles. The topological polar surface area (TPSA) is 37.4 Å². The first kappa shape index (κ1) is 14.9. The number of ether oxygens (including phenoxy) is 1. The zero-order valence-corrected chi connectivity index (χ0v) is 12.2. The Morgan fingerprint density at radius 3 is 2.67 bits per heavy atom. The summed E-state index contributed by atoms with van der Waals surface area (Å²) in [6.07, 6.45) is 1.80. The SMILES string of the molecule is CN(C)CCOc1ccnc(CNC(C)(C)C)c1. The van der Waals surface area contributed by atoms with Crippen molar-refractivity contribution < 1.29 is 4.74 Å². The van der Waals surface area contributed by atoms with Gasteiger partial charge in [-0.1, -0.05) is 0 Å². The van der Waals surface area contributed by atoms with Gasteiger partial charge in [0.25, 0.3) is 0 Å². The molecule has 1 aromatic heterocycles. The number of hydrogen-bond donors (Lipinski definition) is 1. The summed E-state index contributed by atoms with van der Waals surface area (Å²) in [4.78, 5) is 6.43. The van der Waals surface area contributed by atoms with Crippen LogP contribution in [0.3, 0.4) is 0 Å². The minimum absolute atomic E-state index is 0.101. The molecule has 1 rings (SSSR count). The van der Waals surface area contributed by atoms with Crippen molar-refractivity contribution in [2.24, 2.45) is 0 Å². The zero-order chi connectivity index (χ0) is 13.6. The summed E-state index contributed by atoms with van der Waals surface area (Å²) < 4.78 is 5.68. The van der Waals surface area contributed by atoms with Gasteiger partial charge < -0.3 is 15.0 Å². The number of nitrogens with zero attached hydrogens (tertiary/aromatic N) is 2. The fraction of sp³-hybridized carbons (Fsp3) is 0.643. The highest BCUT2D eigenvalue weighted by Crippen LogP contribution is 2.11. The summed E-state index contributed by atoms with van der Waals surface area (Å²) in [5.74, 6) is 0.887. The molecule has 0 aliphatic rings. The van der Waals surface area contributed by atoms with Crippen LogP contribution in [0.2, 0.25) is 0 Å². The van der Waals surface area contributed by atoms with E-state index in [9.17, 15) is 0 Å². The first-order valence-corrected chi connectivity index (χ1v) is 6.34. The lowest BCUT2D eigenvalue weighted by Gasteiger charge is -2.20. The molecular weight excluding hydrogens is 226 g/mol. The third-order valence-electron chi connectivity index (χ3n) is 2.40. The minimum atomic E-state index is 0.101. The summed E-state index contributed by atoms with van der Waals surface area (Å²) in [7, 11) is 4.07. The first-order chi connectivity index (χ1) is 8.37. The number of rotatable bonds is 6. The van der Waals surface area contributed by atoms with Crippen molar-refractivity contribution >= 4 is 0 Å². The Balaban J connectivity index is 2.46. The zero-order valence-electron chi connectivity index (χ0n) is 12.2. The molecule has 0 aliphatic heterocycles. The van der Waals surface area contributed by atoms with E-state index in [1.54, 1.807) is 6.20 Å². The molecule has 0 aliphatic carbocycles. The van der Waals surface area contributed by atoms with Crippen LogP contribution in [0.15, 0.2) is 18.3 Å². The molecule has 0 atom stereocenters. The predicted octanol–water partition coefficient (Wildman–Crippen LogP) is 1.91. The largest absolute Gasteiger partial charge is 0.492 e. The number of pyridine rings is 1. The van der Waals surface area contributed by atoms with Crippen LogP contribution in [-0.2, 0) is 6.54 Å². The Hall–Kier alpha value is -1.13. The molecule has 0 spiro atoms. The molecule has 1 aromatic rings. The summed E-state index contributed by atoms with van der Waals surface area (Å²) >= 11 is 0. The molecule has 0 aromatic carbocycles. The van der Waals surface area contributed by atoms with Gasteiger partial charge in [0.1, 0.15) is 12.4 Å². The summed E-state index contributed by atoms with van der Waals surface area (Å²) in [5, 5.41) is 3.41. The van der Waals surface area contributed by atoms with Crippen LogP contribution in [-0.4, -0.2) is 42.7 Å². The van der Waals surface area contributed by atoms with E-state index < -0.39 is 0 Å². The molecule has 0 amide bonds. The van der Waals surface area contributed by atoms with Crippen molar-refractivity contribution in [3.8, 4) is 5.75 Å². The number of likely N-dealkylation sites (N-methyl/N-ethyl adjacent to an activating group) is 1. The molecule has 0 saturated carbocycles. The fourth-order valence-corrected chi connectivity index (χ4v) is 1.34. The highest BCUT2D eigenvalue weighted by atomic mass is 16.5. The molecule has 1 heterocycles. The Morgan fingerprint density at radius 2 is 2.06 bits per heavy atom. The van der Waals surface area contributed by atoms with E-state index in [1.807, 2.05) is 26.2 Å². The lowest BCUT2D eigenvalue weighted by atomic mass is 10.1. The molecule has 0 radical (unpaired) electrons. The molecule has 0 fully saturated rings. The van der Waals surface area contributed by atoms with Gasteiger partial charge in [0.2, 0.25) is 0 Å². The van der Waals surface area contributed by atoms with Crippen LogP contribution in [0.4, 0.5) is 0 Å². The molecule has 1 N–H and O–H groups in total. The maximum absolute atomic E-state index is 5.68. The molecule has 4 heteroatoms. The molecular formula is C14H25N3O. The Kier molecular flexibility index (Phi) is 5.56. The van der Waals surface area contributed by atoms with Gasteiger partial charge in [0.05, 0.1) is 5.69 Å². The first-order valence-electron chi connectivity index (χ1n) is 6.34. The lowest BCUT2D eigenvalue weighted by Crippen LogP contribution is -2.35. The van der Waals surface area contributed by atoms with Crippen LogP contribution < -0.4 is 10.1 Å². The van der Waals surface area contributed by atoms with Crippen LogP contribution in [0.5, 0.6) is 5.75 Å². The average Bonchev–Trinajstić information content (AvgIpc) is 2.26. The summed E-state index contributed by atoms with van der Waals surface area (Å²) in [6, 6.07) is 3.89. The third kappa shape index (κ3) is 6.57. The standard InChI is InChI=1S/C14H25N3O/c1-14(2,3)16-11-12-10-13(6-7-15-12)18-9-8-17(4)5/h6-7,10,16H,8-9,11H2,1-5H3. The van der Waals surface area contributed by atoms with Crippen molar-refractivity contribution in [2.45, 2.75) is 32.9 Å². The smallest absolute Gasteiger partial charge is 0.122 e. The highest BCUT2D eigenvalue weighted by Gasteiger charge is 2.09. The van der Waals surface area contributed by atoms with Gasteiger partial charge in [-0.25, -0.2) is 0 Å². The van der Waals surface area contributed by atoms with E-state index in [4.69, 9.17) is 4.74 Å². The molecule has 4 nitrogen and oxygen atoms in total. The summed E-state index contributed by atoms with van der Waals surface area (Å²) in [5.41, 5.74) is 1.11. The number of hydrogen-bond acceptors (Lipinski definition) is 4. The predicted molar refractivity (Wildman–Crippen MR) is 74.9 cm³/mol. The molecule has 0 bridgehead atoms. The van der Waals surface area contributed by atoms with E-state index in [0.717, 1.165) is 24.5 Å². The van der Waals surface area contributed by atoms with Gasteiger partial charge in [-0.2, -0.15) is 0 Å². The van der Waals surface area contributed by atoms with Crippen LogP contribution in [0, 0.1) is 0 Å². The van der Waals surface area contributed by atoms with Gasteiger partial charge in [-0.05, 0) is 40.9 Å². The van der Waals surface area contributed by atoms with E-state index in [0.29, 0.717) is 6.61 Å². The number of nitrogens with one attached hydrogen (secondary N) is 1. The Morgan fingerprint density at radius 1 is 1.33 bits per heavy atom. The maximum Gasteiger partial charge on any atom is 0.122 e. The monoisotopic (exact) mass is 251 g/mol. The average molecular weight is 251 g/mol. The van der Waals surface area contributed by atoms with Gasteiger partial charge in [-0.15, -0.1) is 0 Å². The second-order valence-electron chi connectivity index (χ2n) is 5.74. The van der Waals surface area contributed by atoms with Gasteiger partial charge in [0.15, 0.2) is 0 Å². The molecule has 0 unspecified atom stereocenters. The Labute approximate surface area is 110 Å². The van der Waals surface area contributed by atoms with E-state index >= 15 is 0 Å². The van der Waals surface area contributed by atoms with Crippen molar-refractivity contribution in [3.05, 3.63) is 24.0 Å². The van der Waals surface area contributed by atoms with Crippen molar-refractivity contribution in [1.29, 1.82) is 0 Å². The quantitative estimate of drug-likeness (QED) is 0.838. The van der Waals surface area contributed by atoms with E-state index in [1.165, 1.54) is 0 Å². The van der Waals surface area contributed by atoms with Crippen molar-refractivity contribution in [3.63, 3.8) is 0 Å².